The number of carbonyl (C=O) groups is 2. The molecule has 0 saturated carbocycles. The van der Waals surface area contributed by atoms with Crippen LogP contribution >= 0.6 is 0 Å². The van der Waals surface area contributed by atoms with Crippen LogP contribution in [0.4, 0.5) is 0 Å². The lowest BCUT2D eigenvalue weighted by molar-refractivity contribution is 0.0476. The molecule has 0 aliphatic carbocycles. The van der Waals surface area contributed by atoms with Crippen molar-refractivity contribution in [3.8, 4) is 22.4 Å². The average molecular weight is 472 g/mol. The van der Waals surface area contributed by atoms with Crippen molar-refractivity contribution in [3.63, 3.8) is 0 Å². The second-order valence-corrected chi connectivity index (χ2v) is 8.83. The maximum absolute atomic E-state index is 13.2. The SMILES string of the molecule is Cc1ccc(-c2cc(C(=O)OCC(=O)c3ccc(-c4ccccc4)cc3)c3cccc(C)c3n2)cc1. The third-order valence-electron chi connectivity index (χ3n) is 6.26. The van der Waals surface area contributed by atoms with Crippen molar-refractivity contribution in [2.75, 3.05) is 6.61 Å². The minimum atomic E-state index is -0.546. The molecule has 0 aliphatic heterocycles. The predicted octanol–water partition coefficient (Wildman–Crippen LogP) is 7.23. The molecule has 0 fully saturated rings. The van der Waals surface area contributed by atoms with Gasteiger partial charge in [0.25, 0.3) is 0 Å². The highest BCUT2D eigenvalue weighted by Crippen LogP contribution is 2.28. The summed E-state index contributed by atoms with van der Waals surface area (Å²) in [6, 6.07) is 32.7. The molecule has 36 heavy (non-hydrogen) atoms. The third kappa shape index (κ3) is 4.80. The number of carbonyl (C=O) groups excluding carboxylic acids is 2. The standard InChI is InChI=1S/C32H25NO3/c1-21-11-13-25(14-12-21)29-19-28(27-10-6-7-22(2)31(27)33-29)32(35)36-20-30(34)26-17-15-24(16-18-26)23-8-4-3-5-9-23/h3-19H,20H2,1-2H3. The zero-order chi connectivity index (χ0) is 25.1. The summed E-state index contributed by atoms with van der Waals surface area (Å²) in [5.41, 5.74) is 7.44. The Hall–Kier alpha value is -4.57. The zero-order valence-corrected chi connectivity index (χ0v) is 20.2. The quantitative estimate of drug-likeness (QED) is 0.194. The topological polar surface area (TPSA) is 56.3 Å². The number of ketones is 1. The molecule has 1 heterocycles. The van der Waals surface area contributed by atoms with Gasteiger partial charge in [0, 0.05) is 16.5 Å². The number of nitrogens with zero attached hydrogens (tertiary/aromatic N) is 1. The van der Waals surface area contributed by atoms with Gasteiger partial charge >= 0.3 is 5.97 Å². The van der Waals surface area contributed by atoms with Crippen LogP contribution in [0.25, 0.3) is 33.3 Å². The van der Waals surface area contributed by atoms with Crippen LogP contribution in [-0.4, -0.2) is 23.3 Å². The Bertz CT molecular complexity index is 1550. The van der Waals surface area contributed by atoms with Crippen LogP contribution in [0.1, 0.15) is 31.8 Å². The average Bonchev–Trinajstić information content (AvgIpc) is 2.92. The summed E-state index contributed by atoms with van der Waals surface area (Å²) in [6.07, 6.45) is 0. The normalized spacial score (nSPS) is 10.8. The van der Waals surface area contributed by atoms with Crippen molar-refractivity contribution >= 4 is 22.7 Å². The van der Waals surface area contributed by atoms with Crippen LogP contribution in [0.2, 0.25) is 0 Å². The van der Waals surface area contributed by atoms with Crippen LogP contribution < -0.4 is 0 Å². The van der Waals surface area contributed by atoms with E-state index in [1.54, 1.807) is 18.2 Å². The number of benzene rings is 4. The Balaban J connectivity index is 1.38. The molecule has 4 heteroatoms. The summed E-state index contributed by atoms with van der Waals surface area (Å²) in [7, 11) is 0. The lowest BCUT2D eigenvalue weighted by atomic mass is 10.0. The Labute approximate surface area is 210 Å². The van der Waals surface area contributed by atoms with E-state index in [9.17, 15) is 9.59 Å². The van der Waals surface area contributed by atoms with Crippen LogP contribution in [0.15, 0.2) is 103 Å². The summed E-state index contributed by atoms with van der Waals surface area (Å²) in [5, 5.41) is 0.704. The number of hydrogen-bond donors (Lipinski definition) is 0. The van der Waals surface area contributed by atoms with E-state index in [4.69, 9.17) is 9.72 Å². The van der Waals surface area contributed by atoms with E-state index >= 15 is 0 Å². The molecule has 0 N–H and O–H groups in total. The predicted molar refractivity (Wildman–Crippen MR) is 143 cm³/mol. The molecular formula is C32H25NO3. The highest BCUT2D eigenvalue weighted by atomic mass is 16.5. The second-order valence-electron chi connectivity index (χ2n) is 8.83. The number of ether oxygens (including phenoxy) is 1. The molecule has 0 bridgehead atoms. The lowest BCUT2D eigenvalue weighted by Gasteiger charge is -2.12. The van der Waals surface area contributed by atoms with Crippen LogP contribution in [0, 0.1) is 13.8 Å². The van der Waals surface area contributed by atoms with Gasteiger partial charge in [-0.25, -0.2) is 9.78 Å². The van der Waals surface area contributed by atoms with Crippen molar-refractivity contribution in [1.29, 1.82) is 0 Å². The molecule has 0 unspecified atom stereocenters. The van der Waals surface area contributed by atoms with Crippen LogP contribution in [-0.2, 0) is 4.74 Å². The first-order valence-electron chi connectivity index (χ1n) is 11.8. The third-order valence-corrected chi connectivity index (χ3v) is 6.26. The van der Waals surface area contributed by atoms with E-state index in [2.05, 4.69) is 0 Å². The van der Waals surface area contributed by atoms with E-state index in [-0.39, 0.29) is 12.4 Å². The summed E-state index contributed by atoms with van der Waals surface area (Å²) in [5.74, 6) is -0.799. The molecule has 0 spiro atoms. The van der Waals surface area contributed by atoms with E-state index in [1.165, 1.54) is 0 Å². The van der Waals surface area contributed by atoms with Crippen molar-refractivity contribution in [2.45, 2.75) is 13.8 Å². The van der Waals surface area contributed by atoms with Gasteiger partial charge in [0.2, 0.25) is 0 Å². The molecule has 1 aromatic heterocycles. The van der Waals surface area contributed by atoms with Gasteiger partial charge in [-0.3, -0.25) is 4.79 Å². The van der Waals surface area contributed by atoms with E-state index in [1.807, 2.05) is 98.8 Å². The maximum atomic E-state index is 13.2. The van der Waals surface area contributed by atoms with Crippen molar-refractivity contribution in [1.82, 2.24) is 4.98 Å². The fourth-order valence-corrected chi connectivity index (χ4v) is 4.20. The number of esters is 1. The largest absolute Gasteiger partial charge is 0.454 e. The van der Waals surface area contributed by atoms with Crippen LogP contribution in [0.3, 0.4) is 0 Å². The second kappa shape index (κ2) is 9.96. The molecule has 4 nitrogen and oxygen atoms in total. The van der Waals surface area contributed by atoms with Gasteiger partial charge in [0.05, 0.1) is 16.8 Å². The molecule has 5 rings (SSSR count). The Morgan fingerprint density at radius 1 is 0.722 bits per heavy atom. The number of rotatable bonds is 6. The molecule has 0 amide bonds. The number of aromatic nitrogens is 1. The van der Waals surface area contributed by atoms with Gasteiger partial charge < -0.3 is 4.74 Å². The number of fused-ring (bicyclic) bond motifs is 1. The van der Waals surface area contributed by atoms with E-state index in [0.29, 0.717) is 22.2 Å². The van der Waals surface area contributed by atoms with E-state index < -0.39 is 5.97 Å². The monoisotopic (exact) mass is 471 g/mol. The van der Waals surface area contributed by atoms with Crippen molar-refractivity contribution in [3.05, 3.63) is 125 Å². The lowest BCUT2D eigenvalue weighted by Crippen LogP contribution is -2.15. The first kappa shape index (κ1) is 23.2. The van der Waals surface area contributed by atoms with Crippen molar-refractivity contribution in [2.24, 2.45) is 0 Å². The zero-order valence-electron chi connectivity index (χ0n) is 20.2. The fraction of sp³-hybridized carbons (Fsp3) is 0.0938. The number of Topliss-reactive ketones (excluding diaryl/α,β-unsaturated/α-hetero) is 1. The van der Waals surface area contributed by atoms with Gasteiger partial charge in [-0.1, -0.05) is 103 Å². The van der Waals surface area contributed by atoms with Gasteiger partial charge in [0.1, 0.15) is 0 Å². The highest BCUT2D eigenvalue weighted by Gasteiger charge is 2.18. The Kier molecular flexibility index (Phi) is 6.42. The van der Waals surface area contributed by atoms with E-state index in [0.717, 1.165) is 33.3 Å². The first-order chi connectivity index (χ1) is 17.5. The molecule has 0 radical (unpaired) electrons. The van der Waals surface area contributed by atoms with Gasteiger partial charge in [-0.15, -0.1) is 0 Å². The minimum absolute atomic E-state index is 0.253. The summed E-state index contributed by atoms with van der Waals surface area (Å²) >= 11 is 0. The number of para-hydroxylation sites is 1. The van der Waals surface area contributed by atoms with Gasteiger partial charge in [-0.2, -0.15) is 0 Å². The molecular weight excluding hydrogens is 446 g/mol. The smallest absolute Gasteiger partial charge is 0.339 e. The van der Waals surface area contributed by atoms with Crippen molar-refractivity contribution < 1.29 is 14.3 Å². The molecule has 0 aliphatic rings. The van der Waals surface area contributed by atoms with Gasteiger partial charge in [-0.05, 0) is 36.6 Å². The number of aryl methyl sites for hydroxylation is 2. The maximum Gasteiger partial charge on any atom is 0.339 e. The fourth-order valence-electron chi connectivity index (χ4n) is 4.20. The summed E-state index contributed by atoms with van der Waals surface area (Å²) in [6.45, 7) is 3.65. The molecule has 0 atom stereocenters. The number of pyridine rings is 1. The Morgan fingerprint density at radius 2 is 1.39 bits per heavy atom. The number of hydrogen-bond acceptors (Lipinski definition) is 4. The summed E-state index contributed by atoms with van der Waals surface area (Å²) < 4.78 is 5.50. The first-order valence-corrected chi connectivity index (χ1v) is 11.8. The molecule has 5 aromatic rings. The molecule has 0 saturated heterocycles. The van der Waals surface area contributed by atoms with Crippen LogP contribution in [0.5, 0.6) is 0 Å². The molecule has 4 aromatic carbocycles. The molecule has 176 valence electrons. The Morgan fingerprint density at radius 3 is 2.11 bits per heavy atom. The minimum Gasteiger partial charge on any atom is -0.454 e. The highest BCUT2D eigenvalue weighted by molar-refractivity contribution is 6.06. The summed E-state index contributed by atoms with van der Waals surface area (Å²) in [4.78, 5) is 30.8. The van der Waals surface area contributed by atoms with Gasteiger partial charge in [0.15, 0.2) is 12.4 Å².